The molecule has 3 heterocycles. The van der Waals surface area contributed by atoms with Crippen LogP contribution in [0.5, 0.6) is 0 Å². The number of likely N-dealkylation sites (tertiary alicyclic amines) is 1. The maximum atomic E-state index is 12.8. The molecular formula is C23H23N5O3S. The summed E-state index contributed by atoms with van der Waals surface area (Å²) >= 11 is 1.48. The zero-order chi connectivity index (χ0) is 22.5. The van der Waals surface area contributed by atoms with Crippen molar-refractivity contribution >= 4 is 23.2 Å². The van der Waals surface area contributed by atoms with E-state index >= 15 is 0 Å². The fourth-order valence-electron chi connectivity index (χ4n) is 3.76. The van der Waals surface area contributed by atoms with Crippen molar-refractivity contribution in [2.24, 2.45) is 5.92 Å². The molecule has 0 aliphatic carbocycles. The zero-order valence-electron chi connectivity index (χ0n) is 17.7. The molecular weight excluding hydrogens is 426 g/mol. The first kappa shape index (κ1) is 21.7. The maximum Gasteiger partial charge on any atom is 0.291 e. The zero-order valence-corrected chi connectivity index (χ0v) is 18.5. The van der Waals surface area contributed by atoms with Crippen LogP contribution in [0.1, 0.15) is 46.6 Å². The summed E-state index contributed by atoms with van der Waals surface area (Å²) in [6.07, 6.45) is 3.41. The second kappa shape index (κ2) is 9.75. The van der Waals surface area contributed by atoms with Gasteiger partial charge in [-0.1, -0.05) is 19.1 Å². The van der Waals surface area contributed by atoms with Crippen molar-refractivity contribution in [3.05, 3.63) is 58.1 Å². The van der Waals surface area contributed by atoms with Crippen LogP contribution in [-0.4, -0.2) is 39.8 Å². The predicted octanol–water partition coefficient (Wildman–Crippen LogP) is 3.40. The van der Waals surface area contributed by atoms with Crippen molar-refractivity contribution in [1.29, 1.82) is 5.26 Å². The number of aryl methyl sites for hydroxylation is 1. The lowest BCUT2D eigenvalue weighted by Gasteiger charge is -2.31. The molecule has 1 atom stereocenters. The Bertz CT molecular complexity index is 1150. The highest BCUT2D eigenvalue weighted by Crippen LogP contribution is 2.23. The summed E-state index contributed by atoms with van der Waals surface area (Å²) in [5, 5.41) is 14.6. The highest BCUT2D eigenvalue weighted by Gasteiger charge is 2.31. The average Bonchev–Trinajstić information content (AvgIpc) is 3.52. The third-order valence-electron chi connectivity index (χ3n) is 5.53. The van der Waals surface area contributed by atoms with Crippen molar-refractivity contribution in [1.82, 2.24) is 20.2 Å². The summed E-state index contributed by atoms with van der Waals surface area (Å²) in [5.41, 5.74) is 2.99. The van der Waals surface area contributed by atoms with Crippen LogP contribution in [0.15, 0.2) is 40.5 Å². The van der Waals surface area contributed by atoms with Crippen LogP contribution in [0.2, 0.25) is 0 Å². The molecule has 1 aliphatic rings. The lowest BCUT2D eigenvalue weighted by Crippen LogP contribution is -2.45. The first-order valence-corrected chi connectivity index (χ1v) is 11.4. The Balaban J connectivity index is 1.33. The summed E-state index contributed by atoms with van der Waals surface area (Å²) in [6, 6.07) is 9.34. The van der Waals surface area contributed by atoms with Crippen molar-refractivity contribution in [2.75, 3.05) is 13.1 Å². The van der Waals surface area contributed by atoms with Crippen molar-refractivity contribution in [3.8, 4) is 17.3 Å². The van der Waals surface area contributed by atoms with Gasteiger partial charge in [0.25, 0.3) is 5.91 Å². The minimum Gasteiger partial charge on any atom is -0.438 e. The van der Waals surface area contributed by atoms with Gasteiger partial charge < -0.3 is 14.6 Å². The Kier molecular flexibility index (Phi) is 6.61. The van der Waals surface area contributed by atoms with E-state index in [2.05, 4.69) is 21.4 Å². The number of nitrogens with zero attached hydrogens (tertiary/aromatic N) is 4. The van der Waals surface area contributed by atoms with Crippen LogP contribution in [0.4, 0.5) is 0 Å². The van der Waals surface area contributed by atoms with Gasteiger partial charge in [-0.2, -0.15) is 5.26 Å². The van der Waals surface area contributed by atoms with Crippen LogP contribution >= 0.6 is 11.3 Å². The minimum absolute atomic E-state index is 0.0779. The molecule has 1 saturated heterocycles. The van der Waals surface area contributed by atoms with Gasteiger partial charge in [0.15, 0.2) is 6.39 Å². The third-order valence-corrected chi connectivity index (χ3v) is 6.37. The van der Waals surface area contributed by atoms with E-state index in [0.717, 1.165) is 29.1 Å². The standard InChI is InChI=1S/C23H23N5O3S/c1-2-18-21(31-14-26-18)23(30)28-9-3-4-17(12-28)22(29)25-11-20-27-19(13-32-20)16-7-5-15(10-24)6-8-16/h5-8,13-14,17H,2-4,9,11-12H2,1H3,(H,25,29). The summed E-state index contributed by atoms with van der Waals surface area (Å²) in [4.78, 5) is 35.9. The molecule has 3 aromatic rings. The van der Waals surface area contributed by atoms with Crippen LogP contribution in [0.25, 0.3) is 11.3 Å². The highest BCUT2D eigenvalue weighted by molar-refractivity contribution is 7.09. The van der Waals surface area contributed by atoms with Crippen LogP contribution in [0, 0.1) is 17.2 Å². The van der Waals surface area contributed by atoms with E-state index in [1.165, 1.54) is 17.7 Å². The molecule has 2 amide bonds. The normalized spacial score (nSPS) is 15.9. The second-order valence-electron chi connectivity index (χ2n) is 7.61. The van der Waals surface area contributed by atoms with Gasteiger partial charge in [0.1, 0.15) is 5.01 Å². The molecule has 1 aromatic carbocycles. The molecule has 1 unspecified atom stereocenters. The van der Waals surface area contributed by atoms with Crippen LogP contribution < -0.4 is 5.32 Å². The van der Waals surface area contributed by atoms with Gasteiger partial charge in [0.2, 0.25) is 11.7 Å². The maximum absolute atomic E-state index is 12.8. The molecule has 2 aromatic heterocycles. The van der Waals surface area contributed by atoms with Gasteiger partial charge in [0.05, 0.1) is 35.5 Å². The number of aromatic nitrogens is 2. The number of nitriles is 1. The van der Waals surface area contributed by atoms with Crippen molar-refractivity contribution in [2.45, 2.75) is 32.7 Å². The van der Waals surface area contributed by atoms with E-state index in [1.807, 2.05) is 24.4 Å². The lowest BCUT2D eigenvalue weighted by molar-refractivity contribution is -0.126. The van der Waals surface area contributed by atoms with Crippen LogP contribution in [0.3, 0.4) is 0 Å². The number of thiazole rings is 1. The molecule has 4 rings (SSSR count). The van der Waals surface area contributed by atoms with E-state index in [-0.39, 0.29) is 23.5 Å². The number of nitrogens with one attached hydrogen (secondary N) is 1. The lowest BCUT2D eigenvalue weighted by atomic mass is 9.97. The summed E-state index contributed by atoms with van der Waals surface area (Å²) in [5.74, 6) is -0.278. The Hall–Kier alpha value is -3.51. The third kappa shape index (κ3) is 4.70. The number of piperidine rings is 1. The fourth-order valence-corrected chi connectivity index (χ4v) is 4.50. The highest BCUT2D eigenvalue weighted by atomic mass is 32.1. The monoisotopic (exact) mass is 449 g/mol. The van der Waals surface area contributed by atoms with Gasteiger partial charge in [-0.05, 0) is 31.4 Å². The molecule has 0 spiro atoms. The first-order valence-electron chi connectivity index (χ1n) is 10.5. The molecule has 8 nitrogen and oxygen atoms in total. The largest absolute Gasteiger partial charge is 0.438 e. The number of hydrogen-bond acceptors (Lipinski definition) is 7. The number of hydrogen-bond donors (Lipinski definition) is 1. The molecule has 32 heavy (non-hydrogen) atoms. The molecule has 1 aliphatic heterocycles. The number of benzene rings is 1. The van der Waals surface area contributed by atoms with Crippen molar-refractivity contribution < 1.29 is 14.0 Å². The number of oxazole rings is 1. The molecule has 0 radical (unpaired) electrons. The van der Waals surface area contributed by atoms with E-state index in [4.69, 9.17) is 9.68 Å². The van der Waals surface area contributed by atoms with E-state index in [1.54, 1.807) is 17.0 Å². The summed E-state index contributed by atoms with van der Waals surface area (Å²) in [6.45, 7) is 3.23. The second-order valence-corrected chi connectivity index (χ2v) is 8.55. The van der Waals surface area contributed by atoms with Gasteiger partial charge in [-0.3, -0.25) is 9.59 Å². The van der Waals surface area contributed by atoms with Crippen molar-refractivity contribution in [3.63, 3.8) is 0 Å². The quantitative estimate of drug-likeness (QED) is 0.617. The van der Waals surface area contributed by atoms with E-state index in [0.29, 0.717) is 37.3 Å². The molecule has 0 saturated carbocycles. The van der Waals surface area contributed by atoms with Gasteiger partial charge >= 0.3 is 0 Å². The molecule has 1 N–H and O–H groups in total. The first-order chi connectivity index (χ1) is 15.6. The molecule has 9 heteroatoms. The smallest absolute Gasteiger partial charge is 0.291 e. The van der Waals surface area contributed by atoms with Gasteiger partial charge in [0, 0.05) is 24.0 Å². The van der Waals surface area contributed by atoms with E-state index in [9.17, 15) is 9.59 Å². The fraction of sp³-hybridized carbons (Fsp3) is 0.348. The average molecular weight is 450 g/mol. The van der Waals surface area contributed by atoms with Gasteiger partial charge in [-0.15, -0.1) is 11.3 Å². The Morgan fingerprint density at radius 2 is 2.16 bits per heavy atom. The van der Waals surface area contributed by atoms with E-state index < -0.39 is 0 Å². The number of carbonyl (C=O) groups excluding carboxylic acids is 2. The summed E-state index contributed by atoms with van der Waals surface area (Å²) in [7, 11) is 0. The topological polar surface area (TPSA) is 112 Å². The predicted molar refractivity (Wildman–Crippen MR) is 119 cm³/mol. The minimum atomic E-state index is -0.265. The Labute approximate surface area is 189 Å². The number of amides is 2. The summed E-state index contributed by atoms with van der Waals surface area (Å²) < 4.78 is 5.30. The Morgan fingerprint density at radius 1 is 1.34 bits per heavy atom. The molecule has 164 valence electrons. The number of rotatable bonds is 6. The molecule has 1 fully saturated rings. The SMILES string of the molecule is CCc1ncoc1C(=O)N1CCCC(C(=O)NCc2nc(-c3ccc(C#N)cc3)cs2)C1. The van der Waals surface area contributed by atoms with Crippen LogP contribution in [-0.2, 0) is 17.8 Å². The Morgan fingerprint density at radius 3 is 2.91 bits per heavy atom. The number of carbonyl (C=O) groups is 2. The van der Waals surface area contributed by atoms with Gasteiger partial charge in [-0.25, -0.2) is 9.97 Å². The molecule has 0 bridgehead atoms.